The van der Waals surface area contributed by atoms with Crippen molar-refractivity contribution in [1.29, 1.82) is 0 Å². The maximum absolute atomic E-state index is 13.1. The van der Waals surface area contributed by atoms with Crippen molar-refractivity contribution in [1.82, 2.24) is 15.1 Å². The SMILES string of the molecule is C[C@H](C(=O)NC[C@@H](c1ccc(F)cc1)N(C)C)N1CCSCC1. The summed E-state index contributed by atoms with van der Waals surface area (Å²) < 4.78 is 13.1. The van der Waals surface area contributed by atoms with Crippen LogP contribution in [-0.2, 0) is 4.79 Å². The summed E-state index contributed by atoms with van der Waals surface area (Å²) in [6.45, 7) is 4.42. The van der Waals surface area contributed by atoms with Crippen LogP contribution in [0.5, 0.6) is 0 Å². The van der Waals surface area contributed by atoms with Crippen molar-refractivity contribution in [3.63, 3.8) is 0 Å². The van der Waals surface area contributed by atoms with E-state index in [1.165, 1.54) is 12.1 Å². The highest BCUT2D eigenvalue weighted by atomic mass is 32.2. The number of carbonyl (C=O) groups excluding carboxylic acids is 1. The first kappa shape index (κ1) is 18.2. The average molecular weight is 339 g/mol. The fraction of sp³-hybridized carbons (Fsp3) is 0.588. The van der Waals surface area contributed by atoms with E-state index >= 15 is 0 Å². The number of halogens is 1. The summed E-state index contributed by atoms with van der Waals surface area (Å²) in [6.07, 6.45) is 0. The number of likely N-dealkylation sites (N-methyl/N-ethyl adjacent to an activating group) is 1. The largest absolute Gasteiger partial charge is 0.353 e. The predicted octanol–water partition coefficient (Wildman–Crippen LogP) is 1.98. The van der Waals surface area contributed by atoms with Gasteiger partial charge in [-0.25, -0.2) is 4.39 Å². The van der Waals surface area contributed by atoms with E-state index in [1.807, 2.05) is 37.7 Å². The molecule has 0 bridgehead atoms. The molecule has 1 heterocycles. The van der Waals surface area contributed by atoms with E-state index in [9.17, 15) is 9.18 Å². The van der Waals surface area contributed by atoms with E-state index in [2.05, 4.69) is 10.2 Å². The standard InChI is InChI=1S/C17H26FN3OS/c1-13(21-8-10-23-11-9-21)17(22)19-12-16(20(2)3)14-4-6-15(18)7-5-14/h4-7,13,16H,8-12H2,1-3H3,(H,19,22)/t13-,16+/m1/s1. The molecular weight excluding hydrogens is 313 g/mol. The van der Waals surface area contributed by atoms with Crippen molar-refractivity contribution in [2.75, 3.05) is 45.2 Å². The van der Waals surface area contributed by atoms with Crippen molar-refractivity contribution < 1.29 is 9.18 Å². The third kappa shape index (κ3) is 5.19. The van der Waals surface area contributed by atoms with E-state index in [-0.39, 0.29) is 23.8 Å². The van der Waals surface area contributed by atoms with Crippen molar-refractivity contribution in [3.8, 4) is 0 Å². The molecule has 0 aliphatic carbocycles. The molecule has 1 aliphatic heterocycles. The van der Waals surface area contributed by atoms with Gasteiger partial charge in [0.2, 0.25) is 5.91 Å². The Morgan fingerprint density at radius 2 is 1.91 bits per heavy atom. The van der Waals surface area contributed by atoms with Gasteiger partial charge in [0.25, 0.3) is 0 Å². The number of amides is 1. The van der Waals surface area contributed by atoms with Gasteiger partial charge in [-0.05, 0) is 38.7 Å². The second-order valence-corrected chi connectivity index (χ2v) is 7.33. The number of hydrogen-bond acceptors (Lipinski definition) is 4. The smallest absolute Gasteiger partial charge is 0.237 e. The molecule has 23 heavy (non-hydrogen) atoms. The van der Waals surface area contributed by atoms with Crippen LogP contribution in [0.3, 0.4) is 0 Å². The first-order valence-corrected chi connectivity index (χ1v) is 9.16. The zero-order chi connectivity index (χ0) is 16.8. The molecule has 2 atom stereocenters. The summed E-state index contributed by atoms with van der Waals surface area (Å²) in [5.41, 5.74) is 0.999. The van der Waals surface area contributed by atoms with Gasteiger partial charge in [-0.15, -0.1) is 0 Å². The average Bonchev–Trinajstić information content (AvgIpc) is 2.56. The van der Waals surface area contributed by atoms with E-state index in [1.54, 1.807) is 12.1 Å². The molecule has 4 nitrogen and oxygen atoms in total. The van der Waals surface area contributed by atoms with Crippen LogP contribution < -0.4 is 5.32 Å². The molecule has 0 unspecified atom stereocenters. The third-order valence-corrected chi connectivity index (χ3v) is 5.26. The van der Waals surface area contributed by atoms with Gasteiger partial charge in [0.1, 0.15) is 5.82 Å². The summed E-state index contributed by atoms with van der Waals surface area (Å²) >= 11 is 1.94. The molecular formula is C17H26FN3OS. The van der Waals surface area contributed by atoms with Crippen molar-refractivity contribution >= 4 is 17.7 Å². The Hall–Kier alpha value is -1.11. The lowest BCUT2D eigenvalue weighted by Gasteiger charge is -2.32. The summed E-state index contributed by atoms with van der Waals surface area (Å²) in [6, 6.07) is 6.40. The number of hydrogen-bond donors (Lipinski definition) is 1. The minimum absolute atomic E-state index is 0.0312. The van der Waals surface area contributed by atoms with Gasteiger partial charge in [-0.2, -0.15) is 11.8 Å². The number of thioether (sulfide) groups is 1. The molecule has 1 N–H and O–H groups in total. The van der Waals surface area contributed by atoms with Crippen LogP contribution in [0.4, 0.5) is 4.39 Å². The molecule has 0 saturated carbocycles. The Bertz CT molecular complexity index is 503. The molecule has 0 spiro atoms. The molecule has 0 radical (unpaired) electrons. The maximum atomic E-state index is 13.1. The molecule has 1 aromatic carbocycles. The van der Waals surface area contributed by atoms with Gasteiger partial charge in [-0.3, -0.25) is 9.69 Å². The van der Waals surface area contributed by atoms with Gasteiger partial charge in [0, 0.05) is 31.1 Å². The minimum Gasteiger partial charge on any atom is -0.353 e. The summed E-state index contributed by atoms with van der Waals surface area (Å²) in [5.74, 6) is 2.00. The van der Waals surface area contributed by atoms with E-state index in [4.69, 9.17) is 0 Å². The fourth-order valence-corrected chi connectivity index (χ4v) is 3.69. The second kappa shape index (κ2) is 8.66. The van der Waals surface area contributed by atoms with Gasteiger partial charge < -0.3 is 10.2 Å². The zero-order valence-electron chi connectivity index (χ0n) is 14.1. The second-order valence-electron chi connectivity index (χ2n) is 6.10. The van der Waals surface area contributed by atoms with Crippen LogP contribution in [0.1, 0.15) is 18.5 Å². The lowest BCUT2D eigenvalue weighted by Crippen LogP contribution is -2.49. The van der Waals surface area contributed by atoms with Crippen LogP contribution in [0, 0.1) is 5.82 Å². The maximum Gasteiger partial charge on any atom is 0.237 e. The Morgan fingerprint density at radius 3 is 2.48 bits per heavy atom. The molecule has 1 aromatic rings. The Morgan fingerprint density at radius 1 is 1.30 bits per heavy atom. The summed E-state index contributed by atoms with van der Waals surface area (Å²) in [7, 11) is 3.93. The van der Waals surface area contributed by atoms with Gasteiger partial charge >= 0.3 is 0 Å². The molecule has 1 aliphatic rings. The van der Waals surface area contributed by atoms with Gasteiger partial charge in [0.05, 0.1) is 12.1 Å². The van der Waals surface area contributed by atoms with E-state index < -0.39 is 0 Å². The highest BCUT2D eigenvalue weighted by molar-refractivity contribution is 7.99. The Balaban J connectivity index is 1.92. The number of rotatable bonds is 6. The summed E-state index contributed by atoms with van der Waals surface area (Å²) in [5, 5.41) is 3.05. The number of benzene rings is 1. The van der Waals surface area contributed by atoms with Crippen LogP contribution in [0.2, 0.25) is 0 Å². The predicted molar refractivity (Wildman–Crippen MR) is 94.2 cm³/mol. The Kier molecular flexibility index (Phi) is 6.87. The fourth-order valence-electron chi connectivity index (χ4n) is 2.76. The van der Waals surface area contributed by atoms with Crippen LogP contribution in [0.15, 0.2) is 24.3 Å². The van der Waals surface area contributed by atoms with Gasteiger partial charge in [0.15, 0.2) is 0 Å². The van der Waals surface area contributed by atoms with Crippen LogP contribution in [0.25, 0.3) is 0 Å². The van der Waals surface area contributed by atoms with Crippen LogP contribution in [-0.4, -0.2) is 67.0 Å². The highest BCUT2D eigenvalue weighted by Gasteiger charge is 2.24. The highest BCUT2D eigenvalue weighted by Crippen LogP contribution is 2.18. The number of carbonyl (C=O) groups is 1. The molecule has 6 heteroatoms. The van der Waals surface area contributed by atoms with Crippen molar-refractivity contribution in [3.05, 3.63) is 35.6 Å². The van der Waals surface area contributed by atoms with E-state index in [0.29, 0.717) is 6.54 Å². The van der Waals surface area contributed by atoms with Crippen LogP contribution >= 0.6 is 11.8 Å². The van der Waals surface area contributed by atoms with Crippen molar-refractivity contribution in [2.24, 2.45) is 0 Å². The molecule has 1 fully saturated rings. The lowest BCUT2D eigenvalue weighted by atomic mass is 10.1. The number of nitrogens with one attached hydrogen (secondary N) is 1. The third-order valence-electron chi connectivity index (χ3n) is 4.32. The van der Waals surface area contributed by atoms with Gasteiger partial charge in [-0.1, -0.05) is 12.1 Å². The number of nitrogens with zero attached hydrogens (tertiary/aromatic N) is 2. The summed E-state index contributed by atoms with van der Waals surface area (Å²) in [4.78, 5) is 16.7. The lowest BCUT2D eigenvalue weighted by molar-refractivity contribution is -0.126. The molecule has 1 saturated heterocycles. The minimum atomic E-state index is -0.244. The monoisotopic (exact) mass is 339 g/mol. The molecule has 128 valence electrons. The zero-order valence-corrected chi connectivity index (χ0v) is 14.9. The first-order chi connectivity index (χ1) is 11.0. The first-order valence-electron chi connectivity index (χ1n) is 8.00. The molecule has 0 aromatic heterocycles. The van der Waals surface area contributed by atoms with Crippen molar-refractivity contribution in [2.45, 2.75) is 19.0 Å². The topological polar surface area (TPSA) is 35.6 Å². The Labute approximate surface area is 142 Å². The van der Waals surface area contributed by atoms with E-state index in [0.717, 1.165) is 30.2 Å². The molecule has 1 amide bonds. The molecule has 2 rings (SSSR count). The quantitative estimate of drug-likeness (QED) is 0.860. The normalized spacial score (nSPS) is 18.7.